The summed E-state index contributed by atoms with van der Waals surface area (Å²) in [5, 5.41) is 5.18. The topological polar surface area (TPSA) is 89.5 Å². The number of rotatable bonds is 9. The molecular formula is C19H19ClFN3O4. The minimum absolute atomic E-state index is 0.0311. The van der Waals surface area contributed by atoms with Crippen molar-refractivity contribution < 1.29 is 23.5 Å². The van der Waals surface area contributed by atoms with Crippen molar-refractivity contribution in [2.75, 3.05) is 20.3 Å². The van der Waals surface area contributed by atoms with E-state index in [1.807, 2.05) is 0 Å². The van der Waals surface area contributed by atoms with Crippen LogP contribution in [-0.4, -0.2) is 37.1 Å². The molecule has 0 aliphatic carbocycles. The summed E-state index contributed by atoms with van der Waals surface area (Å²) in [5.41, 5.74) is 0.618. The Balaban J connectivity index is 1.70. The summed E-state index contributed by atoms with van der Waals surface area (Å²) in [6.07, 6.45) is 1.79. The van der Waals surface area contributed by atoms with Gasteiger partial charge in [-0.3, -0.25) is 14.6 Å². The fraction of sp³-hybridized carbons (Fsp3) is 0.211. The molecule has 2 rings (SSSR count). The van der Waals surface area contributed by atoms with E-state index in [0.29, 0.717) is 17.9 Å². The normalized spacial score (nSPS) is 10.1. The highest BCUT2D eigenvalue weighted by molar-refractivity contribution is 6.30. The van der Waals surface area contributed by atoms with Crippen molar-refractivity contribution in [1.29, 1.82) is 0 Å². The molecule has 1 aromatic heterocycles. The number of amides is 2. The maximum absolute atomic E-state index is 13.3. The summed E-state index contributed by atoms with van der Waals surface area (Å²) in [7, 11) is 1.50. The van der Waals surface area contributed by atoms with E-state index in [1.54, 1.807) is 6.07 Å². The number of methoxy groups -OCH3 is 1. The van der Waals surface area contributed by atoms with E-state index in [4.69, 9.17) is 21.1 Å². The Morgan fingerprint density at radius 3 is 2.75 bits per heavy atom. The van der Waals surface area contributed by atoms with Crippen molar-refractivity contribution in [3.8, 4) is 11.5 Å². The maximum Gasteiger partial charge on any atom is 0.270 e. The van der Waals surface area contributed by atoms with E-state index >= 15 is 0 Å². The predicted molar refractivity (Wildman–Crippen MR) is 102 cm³/mol. The van der Waals surface area contributed by atoms with Crippen LogP contribution >= 0.6 is 11.6 Å². The molecule has 7 nitrogen and oxygen atoms in total. The second kappa shape index (κ2) is 10.3. The molecule has 148 valence electrons. The second-order valence-corrected chi connectivity index (χ2v) is 6.01. The summed E-state index contributed by atoms with van der Waals surface area (Å²) in [5.74, 6) is -0.754. The molecule has 1 aromatic carbocycles. The van der Waals surface area contributed by atoms with E-state index in [9.17, 15) is 14.0 Å². The molecule has 0 spiro atoms. The molecule has 28 heavy (non-hydrogen) atoms. The van der Waals surface area contributed by atoms with Gasteiger partial charge >= 0.3 is 0 Å². The molecule has 0 saturated heterocycles. The van der Waals surface area contributed by atoms with Crippen LogP contribution in [0.3, 0.4) is 0 Å². The first kappa shape index (κ1) is 21.2. The van der Waals surface area contributed by atoms with E-state index in [2.05, 4.69) is 22.2 Å². The van der Waals surface area contributed by atoms with Gasteiger partial charge in [-0.05, 0) is 18.2 Å². The van der Waals surface area contributed by atoms with E-state index in [1.165, 1.54) is 31.5 Å². The van der Waals surface area contributed by atoms with Crippen LogP contribution in [0.15, 0.2) is 48.8 Å². The average molecular weight is 408 g/mol. The Morgan fingerprint density at radius 2 is 2.04 bits per heavy atom. The van der Waals surface area contributed by atoms with Crippen molar-refractivity contribution in [3.05, 3.63) is 65.3 Å². The molecule has 0 fully saturated rings. The van der Waals surface area contributed by atoms with Crippen LogP contribution in [0.4, 0.5) is 4.39 Å². The van der Waals surface area contributed by atoms with Gasteiger partial charge in [-0.2, -0.15) is 0 Å². The fourth-order valence-electron chi connectivity index (χ4n) is 2.09. The summed E-state index contributed by atoms with van der Waals surface area (Å²) in [4.78, 5) is 27.8. The highest BCUT2D eigenvalue weighted by atomic mass is 35.5. The van der Waals surface area contributed by atoms with Gasteiger partial charge in [0, 0.05) is 37.0 Å². The summed E-state index contributed by atoms with van der Waals surface area (Å²) in [6.45, 7) is 3.65. The number of nitrogens with zero attached hydrogens (tertiary/aromatic N) is 1. The number of pyridine rings is 1. The van der Waals surface area contributed by atoms with Crippen molar-refractivity contribution in [3.63, 3.8) is 0 Å². The number of carbonyl (C=O) groups excluding carboxylic acids is 2. The lowest BCUT2D eigenvalue weighted by atomic mass is 10.3. The molecule has 1 heterocycles. The molecule has 0 radical (unpaired) electrons. The molecule has 0 bridgehead atoms. The molecule has 2 amide bonds. The van der Waals surface area contributed by atoms with Gasteiger partial charge in [-0.25, -0.2) is 4.39 Å². The minimum atomic E-state index is -0.634. The Morgan fingerprint density at radius 1 is 1.25 bits per heavy atom. The van der Waals surface area contributed by atoms with E-state index in [0.717, 1.165) is 6.07 Å². The van der Waals surface area contributed by atoms with Gasteiger partial charge in [-0.15, -0.1) is 0 Å². The Labute approximate surface area is 166 Å². The third-order valence-corrected chi connectivity index (χ3v) is 3.80. The molecule has 0 atom stereocenters. The van der Waals surface area contributed by atoms with E-state index < -0.39 is 11.7 Å². The molecule has 9 heteroatoms. The quantitative estimate of drug-likeness (QED) is 0.667. The molecule has 2 aromatic rings. The molecule has 0 aliphatic heterocycles. The standard InChI is InChI=1S/C19H19ClFN3O4/c1-12(5-7-23-19(26)17-10-13(27-2)6-8-22-17)24-18(25)11-28-14-3-4-15(20)16(21)9-14/h3-4,6,8-10H,1,5,7,11H2,2H3,(H,23,26)(H,24,25). The van der Waals surface area contributed by atoms with Gasteiger partial charge in [0.1, 0.15) is 23.0 Å². The average Bonchev–Trinajstić information content (AvgIpc) is 2.68. The van der Waals surface area contributed by atoms with Crippen LogP contribution in [0.1, 0.15) is 16.9 Å². The first-order chi connectivity index (χ1) is 13.4. The van der Waals surface area contributed by atoms with Crippen LogP contribution < -0.4 is 20.1 Å². The molecule has 0 saturated carbocycles. The Bertz CT molecular complexity index is 876. The fourth-order valence-corrected chi connectivity index (χ4v) is 2.21. The SMILES string of the molecule is C=C(CCNC(=O)c1cc(OC)ccn1)NC(=O)COc1ccc(Cl)c(F)c1. The van der Waals surface area contributed by atoms with Gasteiger partial charge < -0.3 is 20.1 Å². The lowest BCUT2D eigenvalue weighted by Gasteiger charge is -2.11. The highest BCUT2D eigenvalue weighted by Crippen LogP contribution is 2.20. The predicted octanol–water partition coefficient (Wildman–Crippen LogP) is 2.71. The maximum atomic E-state index is 13.3. The first-order valence-corrected chi connectivity index (χ1v) is 8.60. The third kappa shape index (κ3) is 6.55. The molecule has 0 unspecified atom stereocenters. The smallest absolute Gasteiger partial charge is 0.270 e. The number of hydrogen-bond acceptors (Lipinski definition) is 5. The Hall–Kier alpha value is -3.13. The zero-order valence-corrected chi connectivity index (χ0v) is 15.9. The number of nitrogens with one attached hydrogen (secondary N) is 2. The second-order valence-electron chi connectivity index (χ2n) is 5.60. The summed E-state index contributed by atoms with van der Waals surface area (Å²) < 4.78 is 23.5. The van der Waals surface area contributed by atoms with Crippen LogP contribution in [0.2, 0.25) is 5.02 Å². The van der Waals surface area contributed by atoms with Gasteiger partial charge in [0.25, 0.3) is 11.8 Å². The minimum Gasteiger partial charge on any atom is -0.497 e. The van der Waals surface area contributed by atoms with Crippen LogP contribution in [0.5, 0.6) is 11.5 Å². The van der Waals surface area contributed by atoms with Gasteiger partial charge in [0.05, 0.1) is 12.1 Å². The zero-order chi connectivity index (χ0) is 20.5. The molecular weight excluding hydrogens is 389 g/mol. The van der Waals surface area contributed by atoms with Crippen LogP contribution in [-0.2, 0) is 4.79 Å². The van der Waals surface area contributed by atoms with E-state index in [-0.39, 0.29) is 35.5 Å². The number of ether oxygens (including phenoxy) is 2. The van der Waals surface area contributed by atoms with Crippen LogP contribution in [0.25, 0.3) is 0 Å². The number of aromatic nitrogens is 1. The molecule has 2 N–H and O–H groups in total. The number of carbonyl (C=O) groups is 2. The molecule has 0 aliphatic rings. The lowest BCUT2D eigenvalue weighted by molar-refractivity contribution is -0.122. The summed E-state index contributed by atoms with van der Waals surface area (Å²) >= 11 is 5.58. The zero-order valence-electron chi connectivity index (χ0n) is 15.1. The lowest BCUT2D eigenvalue weighted by Crippen LogP contribution is -2.31. The van der Waals surface area contributed by atoms with Crippen molar-refractivity contribution in [1.82, 2.24) is 15.6 Å². The third-order valence-electron chi connectivity index (χ3n) is 3.49. The number of benzene rings is 1. The monoisotopic (exact) mass is 407 g/mol. The van der Waals surface area contributed by atoms with Gasteiger partial charge in [-0.1, -0.05) is 18.2 Å². The number of hydrogen-bond donors (Lipinski definition) is 2. The van der Waals surface area contributed by atoms with Gasteiger partial charge in [0.2, 0.25) is 0 Å². The number of halogens is 2. The largest absolute Gasteiger partial charge is 0.497 e. The summed E-state index contributed by atoms with van der Waals surface area (Å²) in [6, 6.07) is 7.03. The first-order valence-electron chi connectivity index (χ1n) is 8.22. The van der Waals surface area contributed by atoms with Crippen LogP contribution in [0, 0.1) is 5.82 Å². The Kier molecular flexibility index (Phi) is 7.76. The van der Waals surface area contributed by atoms with Gasteiger partial charge in [0.15, 0.2) is 6.61 Å². The van der Waals surface area contributed by atoms with Crippen molar-refractivity contribution in [2.45, 2.75) is 6.42 Å². The van der Waals surface area contributed by atoms with Crippen molar-refractivity contribution in [2.24, 2.45) is 0 Å². The highest BCUT2D eigenvalue weighted by Gasteiger charge is 2.09. The van der Waals surface area contributed by atoms with Crippen molar-refractivity contribution >= 4 is 23.4 Å².